The summed E-state index contributed by atoms with van der Waals surface area (Å²) in [6, 6.07) is 9.11. The van der Waals surface area contributed by atoms with Gasteiger partial charge in [-0.25, -0.2) is 0 Å². The SMILES string of the molecule is COc1cccc(NC(=O)CSCC#N)c1. The van der Waals surface area contributed by atoms with Crippen molar-refractivity contribution in [3.05, 3.63) is 24.3 Å². The molecule has 0 heterocycles. The van der Waals surface area contributed by atoms with E-state index in [0.717, 1.165) is 0 Å². The molecule has 16 heavy (non-hydrogen) atoms. The quantitative estimate of drug-likeness (QED) is 0.793. The number of hydrogen-bond donors (Lipinski definition) is 1. The second kappa shape index (κ2) is 6.75. The third-order valence-corrected chi connectivity index (χ3v) is 2.55. The fourth-order valence-corrected chi connectivity index (χ4v) is 1.54. The van der Waals surface area contributed by atoms with Crippen LogP contribution in [0.1, 0.15) is 0 Å². The van der Waals surface area contributed by atoms with Crippen LogP contribution in [0.5, 0.6) is 5.75 Å². The maximum Gasteiger partial charge on any atom is 0.234 e. The minimum Gasteiger partial charge on any atom is -0.497 e. The number of ether oxygens (including phenoxy) is 1. The molecule has 0 unspecified atom stereocenters. The number of methoxy groups -OCH3 is 1. The first-order valence-electron chi connectivity index (χ1n) is 4.65. The second-order valence-corrected chi connectivity index (χ2v) is 3.92. The smallest absolute Gasteiger partial charge is 0.234 e. The average molecular weight is 236 g/mol. The summed E-state index contributed by atoms with van der Waals surface area (Å²) in [5.41, 5.74) is 0.696. The van der Waals surface area contributed by atoms with Gasteiger partial charge in [0.25, 0.3) is 0 Å². The summed E-state index contributed by atoms with van der Waals surface area (Å²) in [7, 11) is 1.57. The molecule has 0 aliphatic carbocycles. The van der Waals surface area contributed by atoms with Gasteiger partial charge in [0.2, 0.25) is 5.91 Å². The molecule has 0 aliphatic heterocycles. The molecule has 0 atom stereocenters. The highest BCUT2D eigenvalue weighted by Gasteiger charge is 2.02. The molecular weight excluding hydrogens is 224 g/mol. The van der Waals surface area contributed by atoms with E-state index in [1.165, 1.54) is 11.8 Å². The number of rotatable bonds is 5. The maximum absolute atomic E-state index is 11.4. The standard InChI is InChI=1S/C11H12N2O2S/c1-15-10-4-2-3-9(7-10)13-11(14)8-16-6-5-12/h2-4,7H,6,8H2,1H3,(H,13,14). The average Bonchev–Trinajstić information content (AvgIpc) is 2.29. The zero-order valence-corrected chi connectivity index (χ0v) is 9.71. The van der Waals surface area contributed by atoms with Crippen LogP contribution in [0.3, 0.4) is 0 Å². The van der Waals surface area contributed by atoms with E-state index in [2.05, 4.69) is 5.32 Å². The van der Waals surface area contributed by atoms with E-state index in [-0.39, 0.29) is 11.7 Å². The highest BCUT2D eigenvalue weighted by Crippen LogP contribution is 2.16. The van der Waals surface area contributed by atoms with Crippen LogP contribution in [0.15, 0.2) is 24.3 Å². The minimum absolute atomic E-state index is 0.117. The lowest BCUT2D eigenvalue weighted by Crippen LogP contribution is -2.14. The molecule has 1 aromatic rings. The number of amides is 1. The van der Waals surface area contributed by atoms with Gasteiger partial charge >= 0.3 is 0 Å². The predicted molar refractivity (Wildman–Crippen MR) is 64.6 cm³/mol. The van der Waals surface area contributed by atoms with E-state index in [0.29, 0.717) is 17.2 Å². The zero-order chi connectivity index (χ0) is 11.8. The Labute approximate surface area is 98.6 Å². The lowest BCUT2D eigenvalue weighted by Gasteiger charge is -2.05. The Morgan fingerprint density at radius 2 is 2.44 bits per heavy atom. The van der Waals surface area contributed by atoms with Crippen LogP contribution in [0.2, 0.25) is 0 Å². The summed E-state index contributed by atoms with van der Waals surface area (Å²) < 4.78 is 5.04. The van der Waals surface area contributed by atoms with Gasteiger partial charge in [-0.1, -0.05) is 6.07 Å². The Kier molecular flexibility index (Phi) is 5.23. The predicted octanol–water partition coefficient (Wildman–Crippen LogP) is 1.89. The van der Waals surface area contributed by atoms with Crippen LogP contribution in [0.25, 0.3) is 0 Å². The van der Waals surface area contributed by atoms with Gasteiger partial charge in [0.05, 0.1) is 24.7 Å². The van der Waals surface area contributed by atoms with Crippen molar-refractivity contribution in [3.8, 4) is 11.8 Å². The Bertz CT molecular complexity index is 401. The van der Waals surface area contributed by atoms with Crippen molar-refractivity contribution >= 4 is 23.4 Å². The maximum atomic E-state index is 11.4. The highest BCUT2D eigenvalue weighted by atomic mass is 32.2. The van der Waals surface area contributed by atoms with Crippen molar-refractivity contribution in [3.63, 3.8) is 0 Å². The van der Waals surface area contributed by atoms with Crippen molar-refractivity contribution < 1.29 is 9.53 Å². The number of carbonyl (C=O) groups is 1. The van der Waals surface area contributed by atoms with E-state index < -0.39 is 0 Å². The first-order chi connectivity index (χ1) is 7.76. The number of nitriles is 1. The Morgan fingerprint density at radius 1 is 1.62 bits per heavy atom. The van der Waals surface area contributed by atoms with E-state index in [4.69, 9.17) is 10.00 Å². The molecule has 0 saturated carbocycles. The molecule has 0 spiro atoms. The third-order valence-electron chi connectivity index (χ3n) is 1.75. The molecule has 0 aliphatic rings. The second-order valence-electron chi connectivity index (χ2n) is 2.93. The number of nitrogens with zero attached hydrogens (tertiary/aromatic N) is 1. The van der Waals surface area contributed by atoms with Crippen LogP contribution in [0, 0.1) is 11.3 Å². The third kappa shape index (κ3) is 4.24. The molecule has 0 bridgehead atoms. The van der Waals surface area contributed by atoms with Gasteiger partial charge in [-0.15, -0.1) is 11.8 Å². The van der Waals surface area contributed by atoms with Gasteiger partial charge in [0.15, 0.2) is 0 Å². The highest BCUT2D eigenvalue weighted by molar-refractivity contribution is 8.00. The van der Waals surface area contributed by atoms with Crippen LogP contribution < -0.4 is 10.1 Å². The minimum atomic E-state index is -0.117. The van der Waals surface area contributed by atoms with Gasteiger partial charge in [-0.3, -0.25) is 4.79 Å². The largest absolute Gasteiger partial charge is 0.497 e. The Balaban J connectivity index is 2.46. The van der Waals surface area contributed by atoms with Crippen molar-refractivity contribution in [2.24, 2.45) is 0 Å². The van der Waals surface area contributed by atoms with Gasteiger partial charge in [0.1, 0.15) is 5.75 Å². The summed E-state index contributed by atoms with van der Waals surface area (Å²) in [5.74, 6) is 1.19. The molecule has 0 radical (unpaired) electrons. The van der Waals surface area contributed by atoms with Crippen molar-refractivity contribution in [2.75, 3.05) is 23.9 Å². The Hall–Kier alpha value is -1.67. The fourth-order valence-electron chi connectivity index (χ4n) is 1.09. The first kappa shape index (κ1) is 12.4. The molecule has 1 aromatic carbocycles. The molecule has 4 nitrogen and oxygen atoms in total. The summed E-state index contributed by atoms with van der Waals surface area (Å²) in [6.45, 7) is 0. The summed E-state index contributed by atoms with van der Waals surface area (Å²) in [4.78, 5) is 11.4. The van der Waals surface area contributed by atoms with Crippen LogP contribution >= 0.6 is 11.8 Å². The van der Waals surface area contributed by atoms with Crippen molar-refractivity contribution in [2.45, 2.75) is 0 Å². The van der Waals surface area contributed by atoms with E-state index in [1.54, 1.807) is 31.4 Å². The normalized spacial score (nSPS) is 9.25. The number of hydrogen-bond acceptors (Lipinski definition) is 4. The summed E-state index contributed by atoms with van der Waals surface area (Å²) >= 11 is 1.29. The van der Waals surface area contributed by atoms with Crippen LogP contribution in [0.4, 0.5) is 5.69 Å². The van der Waals surface area contributed by atoms with Gasteiger partial charge < -0.3 is 10.1 Å². The summed E-state index contributed by atoms with van der Waals surface area (Å²) in [6.07, 6.45) is 0. The zero-order valence-electron chi connectivity index (χ0n) is 8.90. The van der Waals surface area contributed by atoms with E-state index in [1.807, 2.05) is 6.07 Å². The lowest BCUT2D eigenvalue weighted by molar-refractivity contribution is -0.113. The first-order valence-corrected chi connectivity index (χ1v) is 5.80. The van der Waals surface area contributed by atoms with Crippen molar-refractivity contribution in [1.82, 2.24) is 0 Å². The molecule has 84 valence electrons. The molecular formula is C11H12N2O2S. The Morgan fingerprint density at radius 3 is 3.12 bits per heavy atom. The van der Waals surface area contributed by atoms with E-state index >= 15 is 0 Å². The van der Waals surface area contributed by atoms with Gasteiger partial charge in [-0.05, 0) is 12.1 Å². The molecule has 1 N–H and O–H groups in total. The molecule has 0 aromatic heterocycles. The number of nitrogens with one attached hydrogen (secondary N) is 1. The summed E-state index contributed by atoms with van der Waals surface area (Å²) in [5, 5.41) is 11.0. The molecule has 5 heteroatoms. The molecule has 1 amide bonds. The van der Waals surface area contributed by atoms with Crippen LogP contribution in [-0.4, -0.2) is 24.5 Å². The monoisotopic (exact) mass is 236 g/mol. The fraction of sp³-hybridized carbons (Fsp3) is 0.273. The molecule has 0 saturated heterocycles. The van der Waals surface area contributed by atoms with Crippen molar-refractivity contribution in [1.29, 1.82) is 5.26 Å². The lowest BCUT2D eigenvalue weighted by atomic mass is 10.3. The number of carbonyl (C=O) groups excluding carboxylic acids is 1. The number of anilines is 1. The number of benzene rings is 1. The van der Waals surface area contributed by atoms with E-state index in [9.17, 15) is 4.79 Å². The molecule has 1 rings (SSSR count). The van der Waals surface area contributed by atoms with Gasteiger partial charge in [-0.2, -0.15) is 5.26 Å². The number of thioether (sulfide) groups is 1. The molecule has 0 fully saturated rings. The van der Waals surface area contributed by atoms with Gasteiger partial charge in [0, 0.05) is 11.8 Å². The topological polar surface area (TPSA) is 62.1 Å². The van der Waals surface area contributed by atoms with Crippen LogP contribution in [-0.2, 0) is 4.79 Å².